The number of likely N-dealkylation sites (tertiary alicyclic amines) is 1. The third-order valence-electron chi connectivity index (χ3n) is 19.6. The predicted molar refractivity (Wildman–Crippen MR) is 404 cm³/mol. The number of nitrogens with zero attached hydrogens (tertiary/aromatic N) is 4. The van der Waals surface area contributed by atoms with Gasteiger partial charge < -0.3 is 85.9 Å². The summed E-state index contributed by atoms with van der Waals surface area (Å²) in [7, 11) is 6.16. The van der Waals surface area contributed by atoms with Gasteiger partial charge in [-0.15, -0.1) is 0 Å². The maximum Gasteiger partial charge on any atom is 0.410 e. The first kappa shape index (κ1) is 91.8. The zero-order valence-corrected chi connectivity index (χ0v) is 66.0. The van der Waals surface area contributed by atoms with Crippen molar-refractivity contribution in [2.75, 3.05) is 113 Å². The summed E-state index contributed by atoms with van der Waals surface area (Å²) >= 11 is 0. The fourth-order valence-electron chi connectivity index (χ4n) is 13.0. The highest BCUT2D eigenvalue weighted by Gasteiger charge is 2.44. The number of likely N-dealkylation sites (N-methyl/N-ethyl adjacent to an activating group) is 2. The number of imide groups is 1. The second kappa shape index (κ2) is 48.0. The Morgan fingerprint density at radius 2 is 1.22 bits per heavy atom. The van der Waals surface area contributed by atoms with E-state index in [1.165, 1.54) is 19.1 Å². The number of hydrogen-bond donors (Lipinski definition) is 8. The molecule has 0 bridgehead atoms. The summed E-state index contributed by atoms with van der Waals surface area (Å²) in [6.45, 7) is 22.9. The first-order valence-electron chi connectivity index (χ1n) is 37.7. The monoisotopic (exact) mass is 1520 g/mol. The van der Waals surface area contributed by atoms with Crippen LogP contribution in [0.1, 0.15) is 145 Å². The normalized spacial score (nSPS) is 16.6. The summed E-state index contributed by atoms with van der Waals surface area (Å²) in [5.74, 6) is -6.20. The Kier molecular flexibility index (Phi) is 40.8. The number of rotatable bonds is 50. The number of primary amides is 1. The lowest BCUT2D eigenvalue weighted by atomic mass is 9.89. The van der Waals surface area contributed by atoms with Crippen LogP contribution in [0.25, 0.3) is 0 Å². The van der Waals surface area contributed by atoms with Gasteiger partial charge in [0.1, 0.15) is 30.8 Å². The quantitative estimate of drug-likeness (QED) is 0.0333. The lowest BCUT2D eigenvalue weighted by Crippen LogP contribution is -2.60. The maximum absolute atomic E-state index is 14.9. The standard InChI is InChI=1S/C77H122N12O19/c1-16-51(8)69(60(102-14)46-65(94)88-36-21-25-59(88)70(103-15)53(10)71(95)81-54(11)52(9)56-22-18-17-19-23-56)86(12)75(99)67(49(4)5)85-74(98)68(50(6)7)87(13)77(101)108-47-55-26-28-57(29-27-55)82-72(96)58(24-20-34-80-76(78)100)83-73(97)66(48(2)3)84-62(91)33-38-104-40-42-106-44-45-107-43-41-105-39-35-79-61(90)32-37-89-63(92)30-31-64(89)93/h17-19,22-23,26-31,48-54,58-60,66-70H,16,20-21,24-25,32-47H2,1-15H3,(H,79,90)(H,81,95)(H,82,96)(H,83,97)(H,84,91)(H,85,98)(H3,78,80,100)/t51-,52+,53+,54+,58-,59-,60+,66-,67-,68-,69?,70+/m0/s1. The van der Waals surface area contributed by atoms with Gasteiger partial charge in [-0.1, -0.05) is 118 Å². The summed E-state index contributed by atoms with van der Waals surface area (Å²) in [4.78, 5) is 165. The molecular formula is C77H122N12O19. The van der Waals surface area contributed by atoms with Crippen LogP contribution in [-0.4, -0.2) is 253 Å². The van der Waals surface area contributed by atoms with E-state index in [0.717, 1.165) is 22.6 Å². The minimum absolute atomic E-state index is 0.00230. The molecule has 4 rings (SSSR count). The molecule has 0 saturated carbocycles. The van der Waals surface area contributed by atoms with Crippen LogP contribution in [0.4, 0.5) is 15.3 Å². The van der Waals surface area contributed by atoms with E-state index in [1.54, 1.807) is 75.9 Å². The first-order valence-corrected chi connectivity index (χ1v) is 37.7. The molecular weight excluding hydrogens is 1400 g/mol. The molecule has 13 amide bonds. The number of ether oxygens (including phenoxy) is 7. The molecule has 2 aromatic rings. The molecule has 2 aromatic carbocycles. The third kappa shape index (κ3) is 30.1. The topological polar surface area (TPSA) is 393 Å². The van der Waals surface area contributed by atoms with Crippen LogP contribution in [0.2, 0.25) is 0 Å². The minimum atomic E-state index is -1.13. The molecule has 0 aliphatic carbocycles. The summed E-state index contributed by atoms with van der Waals surface area (Å²) in [6, 6.07) is 10.1. The van der Waals surface area contributed by atoms with Gasteiger partial charge in [0.15, 0.2) is 0 Å². The molecule has 0 radical (unpaired) electrons. The van der Waals surface area contributed by atoms with Crippen LogP contribution < -0.4 is 43.0 Å². The first-order chi connectivity index (χ1) is 51.4. The Morgan fingerprint density at radius 3 is 1.79 bits per heavy atom. The van der Waals surface area contributed by atoms with Crippen molar-refractivity contribution in [2.24, 2.45) is 35.3 Å². The van der Waals surface area contributed by atoms with Crippen molar-refractivity contribution in [3.05, 3.63) is 77.9 Å². The Labute approximate surface area is 636 Å². The highest BCUT2D eigenvalue weighted by Crippen LogP contribution is 2.31. The van der Waals surface area contributed by atoms with Gasteiger partial charge in [0, 0.05) is 97.1 Å². The van der Waals surface area contributed by atoms with Crippen LogP contribution in [-0.2, 0) is 87.7 Å². The second-order valence-corrected chi connectivity index (χ2v) is 28.6. The van der Waals surface area contributed by atoms with Gasteiger partial charge in [-0.2, -0.15) is 0 Å². The van der Waals surface area contributed by atoms with Crippen molar-refractivity contribution < 1.29 is 90.7 Å². The van der Waals surface area contributed by atoms with E-state index < -0.39 is 120 Å². The number of methoxy groups -OCH3 is 2. The van der Waals surface area contributed by atoms with Crippen LogP contribution in [0.15, 0.2) is 66.7 Å². The summed E-state index contributed by atoms with van der Waals surface area (Å²) < 4.78 is 39.9. The van der Waals surface area contributed by atoms with E-state index in [2.05, 4.69) is 44.1 Å². The molecule has 2 aliphatic rings. The Bertz CT molecular complexity index is 3220. The molecule has 604 valence electrons. The highest BCUT2D eigenvalue weighted by molar-refractivity contribution is 6.13. The Balaban J connectivity index is 1.26. The smallest absolute Gasteiger partial charge is 0.410 e. The van der Waals surface area contributed by atoms with E-state index in [4.69, 9.17) is 38.9 Å². The largest absolute Gasteiger partial charge is 0.445 e. The van der Waals surface area contributed by atoms with E-state index >= 15 is 0 Å². The summed E-state index contributed by atoms with van der Waals surface area (Å²) in [5.41, 5.74) is 7.23. The molecule has 9 N–H and O–H groups in total. The van der Waals surface area contributed by atoms with Gasteiger partial charge in [-0.25, -0.2) is 9.59 Å². The number of benzene rings is 2. The SMILES string of the molecule is CC[C@H](C)C([C@@H](CC(=O)N1CCC[C@H]1[C@H](OC)[C@@H](C)C(=O)N[C@H](C)[C@@H](C)c1ccccc1)OC)N(C)C(=O)[C@@H](NC(=O)[C@H](C(C)C)N(C)C(=O)OCc1ccc(NC(=O)[C@H](CCCNC(N)=O)NC(=O)[C@@H](NC(=O)CCOCCOCCOCCOCCNC(=O)CCN2C(=O)C=CC2=O)C(C)C)cc1)C(C)C. The van der Waals surface area contributed by atoms with Gasteiger partial charge in [-0.05, 0) is 79.5 Å². The van der Waals surface area contributed by atoms with Crippen LogP contribution in [0.5, 0.6) is 0 Å². The highest BCUT2D eigenvalue weighted by atomic mass is 16.6. The van der Waals surface area contributed by atoms with E-state index in [1.807, 2.05) is 71.9 Å². The van der Waals surface area contributed by atoms with Gasteiger partial charge in [-0.3, -0.25) is 57.7 Å². The van der Waals surface area contributed by atoms with Crippen molar-refractivity contribution in [1.82, 2.24) is 51.5 Å². The van der Waals surface area contributed by atoms with Gasteiger partial charge in [0.25, 0.3) is 11.8 Å². The number of nitrogens with one attached hydrogen (secondary N) is 7. The van der Waals surface area contributed by atoms with Crippen molar-refractivity contribution in [3.63, 3.8) is 0 Å². The van der Waals surface area contributed by atoms with Gasteiger partial charge >= 0.3 is 12.1 Å². The molecule has 31 nitrogen and oxygen atoms in total. The zero-order valence-electron chi connectivity index (χ0n) is 66.0. The number of carbonyl (C=O) groups is 12. The van der Waals surface area contributed by atoms with Crippen molar-refractivity contribution in [1.29, 1.82) is 0 Å². The maximum atomic E-state index is 14.9. The molecule has 0 aromatic heterocycles. The number of hydrogen-bond acceptors (Lipinski definition) is 19. The Morgan fingerprint density at radius 1 is 0.620 bits per heavy atom. The Hall–Kier alpha value is -8.62. The van der Waals surface area contributed by atoms with Crippen molar-refractivity contribution in [3.8, 4) is 0 Å². The summed E-state index contributed by atoms with van der Waals surface area (Å²) in [5, 5.41) is 19.6. The fourth-order valence-corrected chi connectivity index (χ4v) is 13.0. The molecule has 12 atom stereocenters. The molecule has 1 unspecified atom stereocenters. The molecule has 108 heavy (non-hydrogen) atoms. The van der Waals surface area contributed by atoms with Crippen molar-refractivity contribution in [2.45, 2.75) is 195 Å². The van der Waals surface area contributed by atoms with Gasteiger partial charge in [0.2, 0.25) is 47.3 Å². The van der Waals surface area contributed by atoms with Crippen LogP contribution in [0, 0.1) is 29.6 Å². The molecule has 2 aliphatic heterocycles. The summed E-state index contributed by atoms with van der Waals surface area (Å²) in [6.07, 6.45) is 2.30. The van der Waals surface area contributed by atoms with E-state index in [9.17, 15) is 57.5 Å². The van der Waals surface area contributed by atoms with Gasteiger partial charge in [0.05, 0.1) is 89.5 Å². The van der Waals surface area contributed by atoms with Crippen molar-refractivity contribution >= 4 is 76.9 Å². The predicted octanol–water partition coefficient (Wildman–Crippen LogP) is 4.55. The zero-order chi connectivity index (χ0) is 80.2. The van der Waals surface area contributed by atoms with Crippen LogP contribution in [0.3, 0.4) is 0 Å². The lowest BCUT2D eigenvalue weighted by Gasteiger charge is -2.41. The number of urea groups is 1. The van der Waals surface area contributed by atoms with E-state index in [0.29, 0.717) is 43.7 Å². The second-order valence-electron chi connectivity index (χ2n) is 28.6. The minimum Gasteiger partial charge on any atom is -0.445 e. The average Bonchev–Trinajstić information content (AvgIpc) is 1.77. The number of anilines is 1. The van der Waals surface area contributed by atoms with E-state index in [-0.39, 0.29) is 146 Å². The lowest BCUT2D eigenvalue weighted by molar-refractivity contribution is -0.148. The average molecular weight is 1520 g/mol. The molecule has 1 fully saturated rings. The van der Waals surface area contributed by atoms with Crippen LogP contribution >= 0.6 is 0 Å². The number of nitrogens with two attached hydrogens (primary N) is 1. The number of amides is 13. The molecule has 1 saturated heterocycles. The molecule has 0 spiro atoms. The number of carbonyl (C=O) groups excluding carboxylic acids is 12. The molecule has 31 heteroatoms. The third-order valence-corrected chi connectivity index (χ3v) is 19.6. The fraction of sp³-hybridized carbons (Fsp3) is 0.662. The molecule has 2 heterocycles.